The van der Waals surface area contributed by atoms with E-state index in [1.165, 1.54) is 14.2 Å². The molecule has 132 valence electrons. The zero-order valence-corrected chi connectivity index (χ0v) is 13.9. The van der Waals surface area contributed by atoms with Crippen LogP contribution in [0.15, 0.2) is 18.2 Å². The Bertz CT molecular complexity index is 584. The molecule has 1 aliphatic carbocycles. The molecule has 0 aromatic heterocycles. The summed E-state index contributed by atoms with van der Waals surface area (Å²) in [5.41, 5.74) is 0.630. The van der Waals surface area contributed by atoms with Crippen molar-refractivity contribution in [1.29, 1.82) is 0 Å². The summed E-state index contributed by atoms with van der Waals surface area (Å²) in [4.78, 5) is 23.1. The van der Waals surface area contributed by atoms with Gasteiger partial charge in [-0.1, -0.05) is 6.07 Å². The van der Waals surface area contributed by atoms with E-state index in [9.17, 15) is 9.59 Å². The molecule has 1 fully saturated rings. The number of amides is 1. The highest BCUT2D eigenvalue weighted by atomic mass is 16.5. The van der Waals surface area contributed by atoms with Crippen LogP contribution in [0.3, 0.4) is 0 Å². The molecule has 7 nitrogen and oxygen atoms in total. The van der Waals surface area contributed by atoms with Gasteiger partial charge < -0.3 is 24.6 Å². The SMILES string of the molecule is COc1ccc(C(CC(=O)O)NC(=O)COCC2CC2)cc1OC. The molecule has 0 spiro atoms. The summed E-state index contributed by atoms with van der Waals surface area (Å²) in [5.74, 6) is 0.239. The number of carbonyl (C=O) groups is 2. The van der Waals surface area contributed by atoms with Crippen LogP contribution in [-0.4, -0.2) is 44.4 Å². The number of aliphatic carboxylic acids is 1. The molecule has 1 amide bonds. The number of hydrogen-bond acceptors (Lipinski definition) is 5. The largest absolute Gasteiger partial charge is 0.493 e. The van der Waals surface area contributed by atoms with Gasteiger partial charge in [0, 0.05) is 0 Å². The number of methoxy groups -OCH3 is 2. The van der Waals surface area contributed by atoms with Crippen molar-refractivity contribution in [3.8, 4) is 11.5 Å². The van der Waals surface area contributed by atoms with Gasteiger partial charge in [0.15, 0.2) is 11.5 Å². The summed E-state index contributed by atoms with van der Waals surface area (Å²) < 4.78 is 15.7. The van der Waals surface area contributed by atoms with E-state index in [0.717, 1.165) is 12.8 Å². The van der Waals surface area contributed by atoms with Crippen LogP contribution in [0.5, 0.6) is 11.5 Å². The first-order valence-electron chi connectivity index (χ1n) is 7.84. The molecule has 0 radical (unpaired) electrons. The second kappa shape index (κ2) is 8.54. The first kappa shape index (κ1) is 18.1. The third-order valence-corrected chi connectivity index (χ3v) is 3.81. The highest BCUT2D eigenvalue weighted by Crippen LogP contribution is 2.31. The minimum absolute atomic E-state index is 0.0695. The molecule has 2 rings (SSSR count). The molecule has 7 heteroatoms. The molecule has 0 heterocycles. The van der Waals surface area contributed by atoms with Crippen molar-refractivity contribution in [3.05, 3.63) is 23.8 Å². The van der Waals surface area contributed by atoms with Gasteiger partial charge in [0.05, 0.1) is 33.3 Å². The maximum absolute atomic E-state index is 12.0. The Morgan fingerprint density at radius 2 is 1.96 bits per heavy atom. The fraction of sp³-hybridized carbons (Fsp3) is 0.529. The van der Waals surface area contributed by atoms with Crippen molar-refractivity contribution < 1.29 is 28.9 Å². The van der Waals surface area contributed by atoms with E-state index in [1.807, 2.05) is 0 Å². The number of carboxylic acid groups (broad SMARTS) is 1. The van der Waals surface area contributed by atoms with Crippen LogP contribution in [0.2, 0.25) is 0 Å². The molecule has 1 aromatic rings. The fourth-order valence-electron chi connectivity index (χ4n) is 2.34. The molecular formula is C17H23NO6. The monoisotopic (exact) mass is 337 g/mol. The Hall–Kier alpha value is -2.28. The van der Waals surface area contributed by atoms with Gasteiger partial charge in [0.25, 0.3) is 0 Å². The first-order valence-corrected chi connectivity index (χ1v) is 7.84. The van der Waals surface area contributed by atoms with Gasteiger partial charge in [-0.2, -0.15) is 0 Å². The second-order valence-corrected chi connectivity index (χ2v) is 5.79. The number of hydrogen-bond donors (Lipinski definition) is 2. The van der Waals surface area contributed by atoms with Crippen molar-refractivity contribution in [1.82, 2.24) is 5.32 Å². The summed E-state index contributed by atoms with van der Waals surface area (Å²) in [7, 11) is 3.02. The number of carbonyl (C=O) groups excluding carboxylic acids is 1. The highest BCUT2D eigenvalue weighted by Gasteiger charge is 2.23. The molecule has 1 unspecified atom stereocenters. The van der Waals surface area contributed by atoms with E-state index in [2.05, 4.69) is 5.32 Å². The number of rotatable bonds is 10. The van der Waals surface area contributed by atoms with Crippen molar-refractivity contribution in [3.63, 3.8) is 0 Å². The summed E-state index contributed by atoms with van der Waals surface area (Å²) in [6, 6.07) is 4.39. The molecule has 0 bridgehead atoms. The van der Waals surface area contributed by atoms with Crippen LogP contribution in [-0.2, 0) is 14.3 Å². The summed E-state index contributed by atoms with van der Waals surface area (Å²) in [5, 5.41) is 11.8. The zero-order chi connectivity index (χ0) is 17.5. The fourth-order valence-corrected chi connectivity index (χ4v) is 2.34. The van der Waals surface area contributed by atoms with E-state index in [0.29, 0.717) is 29.6 Å². The lowest BCUT2D eigenvalue weighted by Gasteiger charge is -2.19. The van der Waals surface area contributed by atoms with Crippen molar-refractivity contribution in [2.75, 3.05) is 27.4 Å². The van der Waals surface area contributed by atoms with Crippen LogP contribution in [0.1, 0.15) is 30.9 Å². The predicted molar refractivity (Wildman–Crippen MR) is 86.2 cm³/mol. The van der Waals surface area contributed by atoms with Gasteiger partial charge in [0.2, 0.25) is 5.91 Å². The van der Waals surface area contributed by atoms with E-state index in [-0.39, 0.29) is 18.9 Å². The van der Waals surface area contributed by atoms with Gasteiger partial charge in [0.1, 0.15) is 6.61 Å². The normalized spacial score (nSPS) is 14.8. The molecule has 24 heavy (non-hydrogen) atoms. The third kappa shape index (κ3) is 5.42. The minimum atomic E-state index is -1.01. The van der Waals surface area contributed by atoms with Crippen LogP contribution < -0.4 is 14.8 Å². The van der Waals surface area contributed by atoms with E-state index < -0.39 is 12.0 Å². The van der Waals surface area contributed by atoms with Crippen molar-refractivity contribution in [2.24, 2.45) is 5.92 Å². The van der Waals surface area contributed by atoms with E-state index in [4.69, 9.17) is 19.3 Å². The standard InChI is InChI=1S/C17H23NO6/c1-22-14-6-5-12(7-15(14)23-2)13(8-17(20)21)18-16(19)10-24-9-11-3-4-11/h5-7,11,13H,3-4,8-10H2,1-2H3,(H,18,19)(H,20,21). The summed E-state index contributed by atoms with van der Waals surface area (Å²) >= 11 is 0. The van der Waals surface area contributed by atoms with Crippen LogP contribution in [0.25, 0.3) is 0 Å². The summed E-state index contributed by atoms with van der Waals surface area (Å²) in [6.45, 7) is 0.507. The molecule has 2 N–H and O–H groups in total. The van der Waals surface area contributed by atoms with Crippen molar-refractivity contribution >= 4 is 11.9 Å². The third-order valence-electron chi connectivity index (χ3n) is 3.81. The number of nitrogens with one attached hydrogen (secondary N) is 1. The smallest absolute Gasteiger partial charge is 0.305 e. The van der Waals surface area contributed by atoms with Crippen LogP contribution in [0.4, 0.5) is 0 Å². The Labute approximate surface area is 140 Å². The second-order valence-electron chi connectivity index (χ2n) is 5.79. The van der Waals surface area contributed by atoms with Gasteiger partial charge in [-0.25, -0.2) is 0 Å². The van der Waals surface area contributed by atoms with Crippen LogP contribution >= 0.6 is 0 Å². The zero-order valence-electron chi connectivity index (χ0n) is 13.9. The van der Waals surface area contributed by atoms with Crippen molar-refractivity contribution in [2.45, 2.75) is 25.3 Å². The Morgan fingerprint density at radius 3 is 2.54 bits per heavy atom. The first-order chi connectivity index (χ1) is 11.5. The molecule has 0 saturated heterocycles. The average molecular weight is 337 g/mol. The Balaban J connectivity index is 2.03. The topological polar surface area (TPSA) is 94.1 Å². The quantitative estimate of drug-likeness (QED) is 0.676. The summed E-state index contributed by atoms with van der Waals surface area (Å²) in [6.07, 6.45) is 2.06. The van der Waals surface area contributed by atoms with E-state index in [1.54, 1.807) is 18.2 Å². The molecule has 1 aliphatic rings. The maximum atomic E-state index is 12.0. The lowest BCUT2D eigenvalue weighted by molar-refractivity contribution is -0.138. The van der Waals surface area contributed by atoms with Gasteiger partial charge >= 0.3 is 5.97 Å². The molecule has 1 aromatic carbocycles. The number of ether oxygens (including phenoxy) is 3. The lowest BCUT2D eigenvalue weighted by atomic mass is 10.0. The molecule has 0 aliphatic heterocycles. The number of benzene rings is 1. The Morgan fingerprint density at radius 1 is 1.25 bits per heavy atom. The van der Waals surface area contributed by atoms with Crippen LogP contribution in [0, 0.1) is 5.92 Å². The maximum Gasteiger partial charge on any atom is 0.305 e. The van der Waals surface area contributed by atoms with Gasteiger partial charge in [-0.15, -0.1) is 0 Å². The highest BCUT2D eigenvalue weighted by molar-refractivity contribution is 5.79. The average Bonchev–Trinajstić information content (AvgIpc) is 3.37. The lowest BCUT2D eigenvalue weighted by Crippen LogP contribution is -2.33. The minimum Gasteiger partial charge on any atom is -0.493 e. The van der Waals surface area contributed by atoms with Gasteiger partial charge in [-0.05, 0) is 36.5 Å². The van der Waals surface area contributed by atoms with E-state index >= 15 is 0 Å². The predicted octanol–water partition coefficient (Wildman–Crippen LogP) is 1.76. The molecular weight excluding hydrogens is 314 g/mol. The number of carboxylic acids is 1. The molecule has 1 atom stereocenters. The van der Waals surface area contributed by atoms with Gasteiger partial charge in [-0.3, -0.25) is 9.59 Å². The Kier molecular flexibility index (Phi) is 6.43. The molecule has 1 saturated carbocycles.